The Kier molecular flexibility index (Phi) is 4.93. The van der Waals surface area contributed by atoms with Crippen LogP contribution in [0.4, 0.5) is 0 Å². The highest BCUT2D eigenvalue weighted by atomic mass is 16.3. The number of furan rings is 2. The van der Waals surface area contributed by atoms with E-state index >= 15 is 0 Å². The number of para-hydroxylation sites is 2. The normalized spacial score (nSPS) is 12.0. The highest BCUT2D eigenvalue weighted by Crippen LogP contribution is 2.41. The molecule has 0 amide bonds. The summed E-state index contributed by atoms with van der Waals surface area (Å²) in [6.45, 7) is 0. The minimum absolute atomic E-state index is 0.674. The van der Waals surface area contributed by atoms with Gasteiger partial charge in [-0.1, -0.05) is 97.1 Å². The Labute approximate surface area is 256 Å². The van der Waals surface area contributed by atoms with E-state index in [0.717, 1.165) is 77.4 Å². The summed E-state index contributed by atoms with van der Waals surface area (Å²) in [5, 5.41) is 5.47. The van der Waals surface area contributed by atoms with Gasteiger partial charge in [-0.15, -0.1) is 0 Å². The van der Waals surface area contributed by atoms with Crippen molar-refractivity contribution in [3.8, 4) is 28.3 Å². The lowest BCUT2D eigenvalue weighted by atomic mass is 10.1. The second kappa shape index (κ2) is 9.15. The lowest BCUT2D eigenvalue weighted by Crippen LogP contribution is -1.93. The highest BCUT2D eigenvalue weighted by Gasteiger charge is 2.21. The number of hydrogen-bond acceptors (Lipinski definition) is 4. The van der Waals surface area contributed by atoms with Crippen molar-refractivity contribution < 1.29 is 8.83 Å². The molecule has 0 spiro atoms. The van der Waals surface area contributed by atoms with Crippen molar-refractivity contribution in [1.29, 1.82) is 0 Å². The maximum absolute atomic E-state index is 6.69. The maximum Gasteiger partial charge on any atom is 0.180 e. The largest absolute Gasteiger partial charge is 0.456 e. The van der Waals surface area contributed by atoms with Crippen LogP contribution in [0.25, 0.3) is 94.1 Å². The zero-order valence-electron chi connectivity index (χ0n) is 23.9. The summed E-state index contributed by atoms with van der Waals surface area (Å²) in [7, 11) is 0. The Balaban J connectivity index is 1.29. The van der Waals surface area contributed by atoms with Crippen LogP contribution in [0.5, 0.6) is 0 Å². The van der Waals surface area contributed by atoms with Crippen LogP contribution in [0.15, 0.2) is 148 Å². The average molecular weight is 578 g/mol. The smallest absolute Gasteiger partial charge is 0.180 e. The van der Waals surface area contributed by atoms with Crippen LogP contribution in [-0.4, -0.2) is 14.5 Å². The fourth-order valence-electron chi connectivity index (χ4n) is 6.74. The van der Waals surface area contributed by atoms with Crippen LogP contribution in [0.3, 0.4) is 0 Å². The Morgan fingerprint density at radius 2 is 1.16 bits per heavy atom. The van der Waals surface area contributed by atoms with E-state index in [-0.39, 0.29) is 0 Å². The third-order valence-electron chi connectivity index (χ3n) is 8.80. The van der Waals surface area contributed by atoms with E-state index in [9.17, 15) is 0 Å². The molecule has 0 N–H and O–H groups in total. The van der Waals surface area contributed by atoms with Gasteiger partial charge in [-0.05, 0) is 36.4 Å². The van der Waals surface area contributed by atoms with Gasteiger partial charge in [-0.2, -0.15) is 0 Å². The van der Waals surface area contributed by atoms with Crippen LogP contribution >= 0.6 is 0 Å². The van der Waals surface area contributed by atoms with E-state index in [1.165, 1.54) is 5.39 Å². The predicted molar refractivity (Wildman–Crippen MR) is 182 cm³/mol. The summed E-state index contributed by atoms with van der Waals surface area (Å²) in [6.07, 6.45) is 0. The van der Waals surface area contributed by atoms with Crippen molar-refractivity contribution in [3.05, 3.63) is 140 Å². The van der Waals surface area contributed by atoms with E-state index < -0.39 is 0 Å². The molecule has 0 aliphatic carbocycles. The van der Waals surface area contributed by atoms with Crippen molar-refractivity contribution in [2.45, 2.75) is 0 Å². The van der Waals surface area contributed by atoms with Crippen LogP contribution in [-0.2, 0) is 0 Å². The minimum Gasteiger partial charge on any atom is -0.456 e. The third kappa shape index (κ3) is 3.55. The SMILES string of the molecule is c1ccc(-c2nc(-c3ccccc3)c3oc4cc5c(cc4c3n2)c2ccccc2n5-c2ccc3oc4ccccc4c3c2)cc1. The zero-order valence-corrected chi connectivity index (χ0v) is 23.9. The lowest BCUT2D eigenvalue weighted by molar-refractivity contribution is 0.667. The van der Waals surface area contributed by atoms with Crippen LogP contribution < -0.4 is 0 Å². The molecule has 10 aromatic rings. The highest BCUT2D eigenvalue weighted by molar-refractivity contribution is 6.18. The van der Waals surface area contributed by atoms with Crippen molar-refractivity contribution in [2.24, 2.45) is 0 Å². The minimum atomic E-state index is 0.674. The number of fused-ring (bicyclic) bond motifs is 9. The molecule has 5 heteroatoms. The zero-order chi connectivity index (χ0) is 29.5. The molecule has 0 aliphatic heterocycles. The van der Waals surface area contributed by atoms with Gasteiger partial charge in [-0.25, -0.2) is 9.97 Å². The summed E-state index contributed by atoms with van der Waals surface area (Å²) in [6, 6.07) is 47.9. The fourth-order valence-corrected chi connectivity index (χ4v) is 6.74. The van der Waals surface area contributed by atoms with Crippen molar-refractivity contribution in [1.82, 2.24) is 14.5 Å². The van der Waals surface area contributed by atoms with Gasteiger partial charge in [0.05, 0.1) is 11.0 Å². The number of aromatic nitrogens is 3. The maximum atomic E-state index is 6.69. The molecule has 0 bridgehead atoms. The van der Waals surface area contributed by atoms with Crippen LogP contribution in [0.2, 0.25) is 0 Å². The fraction of sp³-hybridized carbons (Fsp3) is 0. The summed E-state index contributed by atoms with van der Waals surface area (Å²) < 4.78 is 15.1. The van der Waals surface area contributed by atoms with E-state index in [4.69, 9.17) is 18.8 Å². The molecule has 4 heterocycles. The van der Waals surface area contributed by atoms with Crippen LogP contribution in [0, 0.1) is 0 Å². The number of benzene rings is 6. The number of nitrogens with zero attached hydrogens (tertiary/aromatic N) is 3. The Morgan fingerprint density at radius 1 is 0.444 bits per heavy atom. The average Bonchev–Trinajstić information content (AvgIpc) is 3.76. The van der Waals surface area contributed by atoms with E-state index in [0.29, 0.717) is 11.4 Å². The van der Waals surface area contributed by atoms with Gasteiger partial charge < -0.3 is 13.4 Å². The summed E-state index contributed by atoms with van der Waals surface area (Å²) in [4.78, 5) is 10.1. The second-order valence-electron chi connectivity index (χ2n) is 11.4. The Morgan fingerprint density at radius 3 is 2.00 bits per heavy atom. The first-order valence-electron chi connectivity index (χ1n) is 15.0. The standard InChI is InChI=1S/C40H23N3O2/c1-3-11-24(12-4-1)37-39-38(42-40(41-37)25-13-5-2-6-14-25)31-22-29-27-15-7-9-17-32(27)43(33(29)23-36(31)45-39)26-19-20-35-30(21-26)28-16-8-10-18-34(28)44-35/h1-23H. The topological polar surface area (TPSA) is 57.0 Å². The number of rotatable bonds is 3. The molecule has 0 atom stereocenters. The first-order chi connectivity index (χ1) is 22.3. The number of hydrogen-bond donors (Lipinski definition) is 0. The molecule has 4 aromatic heterocycles. The first kappa shape index (κ1) is 24.3. The molecule has 0 fully saturated rings. The van der Waals surface area contributed by atoms with Gasteiger partial charge in [0.1, 0.15) is 28.0 Å². The van der Waals surface area contributed by atoms with Crippen LogP contribution in [0.1, 0.15) is 0 Å². The Bertz CT molecular complexity index is 2750. The molecular weight excluding hydrogens is 554 g/mol. The lowest BCUT2D eigenvalue weighted by Gasteiger charge is -2.08. The molecule has 0 saturated carbocycles. The van der Waals surface area contributed by atoms with Crippen molar-refractivity contribution >= 4 is 65.8 Å². The van der Waals surface area contributed by atoms with Crippen molar-refractivity contribution in [2.75, 3.05) is 0 Å². The van der Waals surface area contributed by atoms with Gasteiger partial charge in [-0.3, -0.25) is 0 Å². The summed E-state index contributed by atoms with van der Waals surface area (Å²) in [5.41, 5.74) is 10.0. The summed E-state index contributed by atoms with van der Waals surface area (Å²) >= 11 is 0. The molecule has 210 valence electrons. The molecule has 45 heavy (non-hydrogen) atoms. The van der Waals surface area contributed by atoms with Gasteiger partial charge in [0.25, 0.3) is 0 Å². The van der Waals surface area contributed by atoms with E-state index in [1.54, 1.807) is 0 Å². The second-order valence-corrected chi connectivity index (χ2v) is 11.4. The molecular formula is C40H23N3O2. The Hall–Kier alpha value is -6.20. The molecule has 6 aromatic carbocycles. The monoisotopic (exact) mass is 577 g/mol. The van der Waals surface area contributed by atoms with E-state index in [1.807, 2.05) is 60.7 Å². The van der Waals surface area contributed by atoms with E-state index in [2.05, 4.69) is 83.4 Å². The first-order valence-corrected chi connectivity index (χ1v) is 15.0. The molecule has 0 unspecified atom stereocenters. The summed E-state index contributed by atoms with van der Waals surface area (Å²) in [5.74, 6) is 0.674. The molecule has 10 rings (SSSR count). The van der Waals surface area contributed by atoms with Crippen molar-refractivity contribution in [3.63, 3.8) is 0 Å². The van der Waals surface area contributed by atoms with Gasteiger partial charge in [0, 0.05) is 49.8 Å². The quantitative estimate of drug-likeness (QED) is 0.210. The molecule has 0 saturated heterocycles. The van der Waals surface area contributed by atoms with Gasteiger partial charge in [0.15, 0.2) is 11.4 Å². The van der Waals surface area contributed by atoms with Gasteiger partial charge in [0.2, 0.25) is 0 Å². The molecule has 5 nitrogen and oxygen atoms in total. The third-order valence-corrected chi connectivity index (χ3v) is 8.80. The molecule has 0 radical (unpaired) electrons. The predicted octanol–water partition coefficient (Wildman–Crippen LogP) is 10.7. The van der Waals surface area contributed by atoms with Gasteiger partial charge >= 0.3 is 0 Å². The molecule has 0 aliphatic rings.